The van der Waals surface area contributed by atoms with Crippen molar-refractivity contribution in [3.05, 3.63) is 0 Å². The molecule has 1 saturated heterocycles. The minimum atomic E-state index is -0.108. The van der Waals surface area contributed by atoms with E-state index in [0.29, 0.717) is 77.6 Å². The molecule has 2 unspecified atom stereocenters. The Balaban J connectivity index is 2.32. The summed E-state index contributed by atoms with van der Waals surface area (Å²) in [6.07, 6.45) is -0.217. The fourth-order valence-corrected chi connectivity index (χ4v) is 2.51. The molecule has 1 heterocycles. The number of hydrogen-bond acceptors (Lipinski definition) is 8. The van der Waals surface area contributed by atoms with Crippen molar-refractivity contribution in [2.24, 2.45) is 0 Å². The van der Waals surface area contributed by atoms with Crippen LogP contribution in [0.1, 0.15) is 0 Å². The highest BCUT2D eigenvalue weighted by molar-refractivity contribution is 7.80. The zero-order valence-corrected chi connectivity index (χ0v) is 14.8. The van der Waals surface area contributed by atoms with Gasteiger partial charge in [0.2, 0.25) is 0 Å². The zero-order chi connectivity index (χ0) is 15.9. The monoisotopic (exact) mass is 356 g/mol. The van der Waals surface area contributed by atoms with E-state index in [4.69, 9.17) is 28.4 Å². The SMILES string of the molecule is SCC1OCCOCCOCCOCCOCCOC1CS. The molecule has 0 N–H and O–H groups in total. The molecule has 6 nitrogen and oxygen atoms in total. The molecule has 0 aromatic rings. The summed E-state index contributed by atoms with van der Waals surface area (Å²) in [4.78, 5) is 0. The van der Waals surface area contributed by atoms with Gasteiger partial charge in [-0.2, -0.15) is 25.3 Å². The lowest BCUT2D eigenvalue weighted by atomic mass is 10.2. The average Bonchev–Trinajstić information content (AvgIpc) is 2.54. The summed E-state index contributed by atoms with van der Waals surface area (Å²) in [6, 6.07) is 0. The maximum Gasteiger partial charge on any atom is 0.0933 e. The molecular formula is C14H28O6S2. The van der Waals surface area contributed by atoms with Crippen LogP contribution in [-0.2, 0) is 28.4 Å². The van der Waals surface area contributed by atoms with Crippen LogP contribution >= 0.6 is 25.3 Å². The van der Waals surface area contributed by atoms with Gasteiger partial charge < -0.3 is 28.4 Å². The predicted octanol–water partition coefficient (Wildman–Crippen LogP) is 0.696. The van der Waals surface area contributed by atoms with Gasteiger partial charge in [-0.1, -0.05) is 0 Å². The van der Waals surface area contributed by atoms with Gasteiger partial charge in [-0.25, -0.2) is 0 Å². The normalized spacial score (nSPS) is 28.6. The molecule has 0 bridgehead atoms. The Morgan fingerprint density at radius 2 is 0.773 bits per heavy atom. The van der Waals surface area contributed by atoms with E-state index in [2.05, 4.69) is 25.3 Å². The first kappa shape index (κ1) is 20.5. The van der Waals surface area contributed by atoms with E-state index >= 15 is 0 Å². The standard InChI is InChI=1S/C14H28O6S2/c21-11-13-14(12-22)20-10-8-18-6-4-16-2-1-15-3-5-17-7-9-19-13/h13-14,21-22H,1-12H2. The molecule has 0 amide bonds. The Labute approximate surface area is 143 Å². The third-order valence-electron chi connectivity index (χ3n) is 3.01. The second-order valence-corrected chi connectivity index (χ2v) is 5.36. The molecular weight excluding hydrogens is 328 g/mol. The van der Waals surface area contributed by atoms with Gasteiger partial charge in [0.1, 0.15) is 0 Å². The van der Waals surface area contributed by atoms with Gasteiger partial charge in [0.05, 0.1) is 78.3 Å². The number of hydrogen-bond donors (Lipinski definition) is 2. The molecule has 0 aromatic heterocycles. The predicted molar refractivity (Wildman–Crippen MR) is 90.5 cm³/mol. The molecule has 0 aromatic carbocycles. The number of thiol groups is 2. The number of rotatable bonds is 2. The number of ether oxygens (including phenoxy) is 6. The molecule has 1 aliphatic heterocycles. The first-order valence-corrected chi connectivity index (χ1v) is 8.91. The van der Waals surface area contributed by atoms with E-state index in [1.54, 1.807) is 0 Å². The van der Waals surface area contributed by atoms with E-state index in [-0.39, 0.29) is 12.2 Å². The van der Waals surface area contributed by atoms with E-state index < -0.39 is 0 Å². The Bertz CT molecular complexity index is 223. The molecule has 1 rings (SSSR count). The minimum absolute atomic E-state index is 0.108. The fourth-order valence-electron chi connectivity index (χ4n) is 1.83. The maximum absolute atomic E-state index is 5.76. The lowest BCUT2D eigenvalue weighted by Crippen LogP contribution is -2.36. The van der Waals surface area contributed by atoms with Crippen LogP contribution < -0.4 is 0 Å². The first-order chi connectivity index (χ1) is 10.9. The van der Waals surface area contributed by atoms with Crippen LogP contribution in [0.5, 0.6) is 0 Å². The molecule has 1 aliphatic rings. The van der Waals surface area contributed by atoms with Crippen LogP contribution in [0.25, 0.3) is 0 Å². The van der Waals surface area contributed by atoms with E-state index in [1.165, 1.54) is 0 Å². The van der Waals surface area contributed by atoms with Gasteiger partial charge in [-0.15, -0.1) is 0 Å². The molecule has 22 heavy (non-hydrogen) atoms. The summed E-state index contributed by atoms with van der Waals surface area (Å²) in [5.41, 5.74) is 0. The lowest BCUT2D eigenvalue weighted by Gasteiger charge is -2.25. The van der Waals surface area contributed by atoms with Crippen molar-refractivity contribution in [1.29, 1.82) is 0 Å². The molecule has 1 fully saturated rings. The maximum atomic E-state index is 5.76. The van der Waals surface area contributed by atoms with Gasteiger partial charge in [0.25, 0.3) is 0 Å². The molecule has 2 atom stereocenters. The average molecular weight is 357 g/mol. The van der Waals surface area contributed by atoms with Crippen LogP contribution in [-0.4, -0.2) is 89.8 Å². The second-order valence-electron chi connectivity index (χ2n) is 4.63. The van der Waals surface area contributed by atoms with Gasteiger partial charge in [0.15, 0.2) is 0 Å². The highest BCUT2D eigenvalue weighted by Crippen LogP contribution is 2.09. The fraction of sp³-hybridized carbons (Fsp3) is 1.00. The summed E-state index contributed by atoms with van der Waals surface area (Å²) < 4.78 is 33.2. The van der Waals surface area contributed by atoms with Gasteiger partial charge in [0, 0.05) is 11.5 Å². The van der Waals surface area contributed by atoms with Crippen LogP contribution in [0.3, 0.4) is 0 Å². The Kier molecular flexibility index (Phi) is 14.0. The highest BCUT2D eigenvalue weighted by Gasteiger charge is 2.20. The zero-order valence-electron chi connectivity index (χ0n) is 13.0. The Morgan fingerprint density at radius 1 is 0.500 bits per heavy atom. The van der Waals surface area contributed by atoms with Crippen molar-refractivity contribution in [2.45, 2.75) is 12.2 Å². The van der Waals surface area contributed by atoms with Gasteiger partial charge in [-0.05, 0) is 0 Å². The Morgan fingerprint density at radius 3 is 1.05 bits per heavy atom. The topological polar surface area (TPSA) is 55.4 Å². The van der Waals surface area contributed by atoms with Crippen LogP contribution in [0, 0.1) is 0 Å². The summed E-state index contributed by atoms with van der Waals surface area (Å²) >= 11 is 8.64. The van der Waals surface area contributed by atoms with E-state index in [9.17, 15) is 0 Å². The van der Waals surface area contributed by atoms with Crippen LogP contribution in [0.2, 0.25) is 0 Å². The largest absolute Gasteiger partial charge is 0.377 e. The second kappa shape index (κ2) is 15.0. The molecule has 0 saturated carbocycles. The van der Waals surface area contributed by atoms with Crippen LogP contribution in [0.4, 0.5) is 0 Å². The lowest BCUT2D eigenvalue weighted by molar-refractivity contribution is -0.0827. The molecule has 132 valence electrons. The molecule has 0 radical (unpaired) electrons. The van der Waals surface area contributed by atoms with Crippen molar-refractivity contribution in [3.63, 3.8) is 0 Å². The molecule has 0 aliphatic carbocycles. The third kappa shape index (κ3) is 10.3. The van der Waals surface area contributed by atoms with E-state index in [1.807, 2.05) is 0 Å². The summed E-state index contributed by atoms with van der Waals surface area (Å²) in [6.45, 7) is 5.37. The van der Waals surface area contributed by atoms with Crippen molar-refractivity contribution in [2.75, 3.05) is 77.6 Å². The van der Waals surface area contributed by atoms with Crippen molar-refractivity contribution in [1.82, 2.24) is 0 Å². The summed E-state index contributed by atoms with van der Waals surface area (Å²) in [7, 11) is 0. The van der Waals surface area contributed by atoms with Gasteiger partial charge >= 0.3 is 0 Å². The smallest absolute Gasteiger partial charge is 0.0933 e. The van der Waals surface area contributed by atoms with E-state index in [0.717, 1.165) is 0 Å². The van der Waals surface area contributed by atoms with Crippen LogP contribution in [0.15, 0.2) is 0 Å². The summed E-state index contributed by atoms with van der Waals surface area (Å²) in [5, 5.41) is 0. The van der Waals surface area contributed by atoms with Crippen molar-refractivity contribution >= 4 is 25.3 Å². The highest BCUT2D eigenvalue weighted by atomic mass is 32.1. The molecule has 8 heteroatoms. The van der Waals surface area contributed by atoms with Crippen molar-refractivity contribution in [3.8, 4) is 0 Å². The summed E-state index contributed by atoms with van der Waals surface area (Å²) in [5.74, 6) is 1.14. The van der Waals surface area contributed by atoms with Crippen molar-refractivity contribution < 1.29 is 28.4 Å². The molecule has 0 spiro atoms. The third-order valence-corrected chi connectivity index (χ3v) is 3.73. The first-order valence-electron chi connectivity index (χ1n) is 7.64. The quantitative estimate of drug-likeness (QED) is 0.711. The Hall–Kier alpha value is 0.460. The van der Waals surface area contributed by atoms with Gasteiger partial charge in [-0.3, -0.25) is 0 Å². The minimum Gasteiger partial charge on any atom is -0.377 e.